The Balaban J connectivity index is 1.75. The number of anilines is 1. The smallest absolute Gasteiger partial charge is 0.338 e. The van der Waals surface area contributed by atoms with Crippen LogP contribution in [0.2, 0.25) is 5.02 Å². The van der Waals surface area contributed by atoms with Crippen molar-refractivity contribution in [1.29, 1.82) is 0 Å². The summed E-state index contributed by atoms with van der Waals surface area (Å²) in [6.45, 7) is 5.72. The average Bonchev–Trinajstić information content (AvgIpc) is 2.76. The summed E-state index contributed by atoms with van der Waals surface area (Å²) < 4.78 is 5.24. The fourth-order valence-electron chi connectivity index (χ4n) is 3.13. The second-order valence-corrected chi connectivity index (χ2v) is 8.25. The number of nitrogens with zero attached hydrogens (tertiary/aromatic N) is 1. The van der Waals surface area contributed by atoms with Gasteiger partial charge in [0.25, 0.3) is 0 Å². The van der Waals surface area contributed by atoms with Gasteiger partial charge >= 0.3 is 5.97 Å². The zero-order valence-electron chi connectivity index (χ0n) is 17.6. The second-order valence-electron chi connectivity index (χ2n) is 6.88. The van der Waals surface area contributed by atoms with E-state index in [4.69, 9.17) is 21.3 Å². The molecular formula is C23H24ClN3O3S. The van der Waals surface area contributed by atoms with Gasteiger partial charge in [0, 0.05) is 16.4 Å². The number of hydrogen-bond acceptors (Lipinski definition) is 6. The molecule has 6 nitrogen and oxygen atoms in total. The maximum atomic E-state index is 12.6. The summed E-state index contributed by atoms with van der Waals surface area (Å²) in [6.07, 6.45) is 0. The highest BCUT2D eigenvalue weighted by atomic mass is 35.5. The lowest BCUT2D eigenvalue weighted by atomic mass is 9.97. The van der Waals surface area contributed by atoms with E-state index in [2.05, 4.69) is 10.6 Å². The molecule has 0 unspecified atom stereocenters. The van der Waals surface area contributed by atoms with Gasteiger partial charge in [-0.15, -0.1) is 0 Å². The number of carbonyl (C=O) groups excluding carboxylic acids is 2. The molecule has 1 aliphatic rings. The largest absolute Gasteiger partial charge is 0.463 e. The van der Waals surface area contributed by atoms with Gasteiger partial charge in [0.2, 0.25) is 5.91 Å². The normalized spacial score (nSPS) is 15.7. The predicted molar refractivity (Wildman–Crippen MR) is 126 cm³/mol. The Morgan fingerprint density at radius 1 is 1.16 bits per heavy atom. The van der Waals surface area contributed by atoms with Crippen LogP contribution in [-0.4, -0.2) is 29.4 Å². The van der Waals surface area contributed by atoms with Crippen molar-refractivity contribution in [2.45, 2.75) is 26.8 Å². The van der Waals surface area contributed by atoms with Gasteiger partial charge in [0.1, 0.15) is 6.04 Å². The zero-order valence-corrected chi connectivity index (χ0v) is 19.1. The van der Waals surface area contributed by atoms with Gasteiger partial charge in [0.05, 0.1) is 17.9 Å². The number of amidine groups is 1. The molecule has 0 fully saturated rings. The Bertz CT molecular complexity index is 1040. The first-order chi connectivity index (χ1) is 14.9. The Kier molecular flexibility index (Phi) is 7.76. The van der Waals surface area contributed by atoms with Gasteiger partial charge in [0.15, 0.2) is 5.17 Å². The minimum absolute atomic E-state index is 0.154. The lowest BCUT2D eigenvalue weighted by Gasteiger charge is -2.25. The first kappa shape index (κ1) is 22.9. The summed E-state index contributed by atoms with van der Waals surface area (Å²) in [5.74, 6) is -0.418. The number of ether oxygens (including phenoxy) is 1. The number of esters is 1. The van der Waals surface area contributed by atoms with Crippen LogP contribution in [0.25, 0.3) is 0 Å². The number of halogens is 1. The van der Waals surface area contributed by atoms with Crippen molar-refractivity contribution >= 4 is 46.1 Å². The van der Waals surface area contributed by atoms with Crippen LogP contribution in [-0.2, 0) is 14.3 Å². The quantitative estimate of drug-likeness (QED) is 0.605. The van der Waals surface area contributed by atoms with Crippen molar-refractivity contribution < 1.29 is 14.3 Å². The molecule has 1 heterocycles. The lowest BCUT2D eigenvalue weighted by molar-refractivity contribution is -0.139. The molecule has 2 N–H and O–H groups in total. The van der Waals surface area contributed by atoms with E-state index in [0.29, 0.717) is 27.1 Å². The van der Waals surface area contributed by atoms with E-state index in [-0.39, 0.29) is 18.3 Å². The van der Waals surface area contributed by atoms with Gasteiger partial charge in [-0.3, -0.25) is 4.79 Å². The van der Waals surface area contributed by atoms with Crippen LogP contribution in [0, 0.1) is 6.92 Å². The van der Waals surface area contributed by atoms with Gasteiger partial charge in [-0.2, -0.15) is 0 Å². The monoisotopic (exact) mass is 457 g/mol. The molecule has 0 aliphatic carbocycles. The molecule has 0 bridgehead atoms. The van der Waals surface area contributed by atoms with E-state index in [1.165, 1.54) is 11.8 Å². The number of hydrogen-bond donors (Lipinski definition) is 2. The number of rotatable bonds is 6. The first-order valence-corrected chi connectivity index (χ1v) is 11.2. The Morgan fingerprint density at radius 2 is 1.90 bits per heavy atom. The molecule has 3 rings (SSSR count). The van der Waals surface area contributed by atoms with Crippen molar-refractivity contribution in [3.05, 3.63) is 76.0 Å². The lowest BCUT2D eigenvalue weighted by Crippen LogP contribution is -2.31. The third-order valence-electron chi connectivity index (χ3n) is 4.71. The molecule has 0 aromatic heterocycles. The fraction of sp³-hybridized carbons (Fsp3) is 0.261. The molecule has 1 amide bonds. The van der Waals surface area contributed by atoms with E-state index >= 15 is 0 Å². The molecule has 0 saturated heterocycles. The topological polar surface area (TPSA) is 79.8 Å². The van der Waals surface area contributed by atoms with E-state index in [1.54, 1.807) is 19.1 Å². The minimum atomic E-state index is -0.498. The molecule has 2 aromatic rings. The highest BCUT2D eigenvalue weighted by Gasteiger charge is 2.30. The molecule has 2 aromatic carbocycles. The van der Waals surface area contributed by atoms with Gasteiger partial charge < -0.3 is 15.4 Å². The highest BCUT2D eigenvalue weighted by molar-refractivity contribution is 8.14. The molecular weight excluding hydrogens is 434 g/mol. The van der Waals surface area contributed by atoms with E-state index in [0.717, 1.165) is 11.1 Å². The molecule has 0 radical (unpaired) electrons. The minimum Gasteiger partial charge on any atom is -0.463 e. The predicted octanol–water partition coefficient (Wildman–Crippen LogP) is 4.86. The second kappa shape index (κ2) is 10.5. The maximum absolute atomic E-state index is 12.6. The summed E-state index contributed by atoms with van der Waals surface area (Å²) in [4.78, 5) is 29.7. The summed E-state index contributed by atoms with van der Waals surface area (Å²) in [5, 5.41) is 7.18. The zero-order chi connectivity index (χ0) is 22.4. The van der Waals surface area contributed by atoms with Crippen LogP contribution >= 0.6 is 23.4 Å². The number of carbonyl (C=O) groups is 2. The molecule has 1 atom stereocenters. The third-order valence-corrected chi connectivity index (χ3v) is 6.01. The van der Waals surface area contributed by atoms with Crippen LogP contribution < -0.4 is 10.6 Å². The Morgan fingerprint density at radius 3 is 2.61 bits per heavy atom. The van der Waals surface area contributed by atoms with Crippen molar-refractivity contribution in [2.24, 2.45) is 4.99 Å². The standard InChI is InChI=1S/C23H24ClN3O3S/c1-4-30-22(29)20-15(3)25-23(27-21(20)16-9-6-5-7-10-16)31-13-19(28)26-18-12-8-11-17(24)14(18)2/h5-12,21H,4,13H2,1-3H3,(H,25,27)(H,26,28)/t21-/m0/s1. The molecule has 162 valence electrons. The number of benzene rings is 2. The van der Waals surface area contributed by atoms with Crippen LogP contribution in [0.3, 0.4) is 0 Å². The van der Waals surface area contributed by atoms with E-state index < -0.39 is 12.0 Å². The fourth-order valence-corrected chi connectivity index (χ4v) is 4.05. The van der Waals surface area contributed by atoms with Crippen LogP contribution in [0.4, 0.5) is 5.69 Å². The van der Waals surface area contributed by atoms with E-state index in [9.17, 15) is 9.59 Å². The third kappa shape index (κ3) is 5.68. The SMILES string of the molecule is CCOC(=O)C1=C(C)NC(SCC(=O)Nc2cccc(Cl)c2C)=N[C@H]1c1ccccc1. The molecule has 0 saturated carbocycles. The summed E-state index contributed by atoms with van der Waals surface area (Å²) in [6, 6.07) is 14.4. The first-order valence-electron chi connectivity index (χ1n) is 9.86. The highest BCUT2D eigenvalue weighted by Crippen LogP contribution is 2.33. The summed E-state index contributed by atoms with van der Waals surface area (Å²) >= 11 is 7.39. The number of allylic oxidation sites excluding steroid dienone is 1. The Labute approximate surface area is 191 Å². The van der Waals surface area contributed by atoms with Gasteiger partial charge in [-0.05, 0) is 44.0 Å². The molecule has 31 heavy (non-hydrogen) atoms. The van der Waals surface area contributed by atoms with Crippen LogP contribution in [0.5, 0.6) is 0 Å². The maximum Gasteiger partial charge on any atom is 0.338 e. The van der Waals surface area contributed by atoms with Crippen LogP contribution in [0.1, 0.15) is 31.0 Å². The van der Waals surface area contributed by atoms with E-state index in [1.807, 2.05) is 50.2 Å². The summed E-state index contributed by atoms with van der Waals surface area (Å²) in [7, 11) is 0. The molecule has 0 spiro atoms. The number of aliphatic imine (C=N–C) groups is 1. The summed E-state index contributed by atoms with van der Waals surface area (Å²) in [5.41, 5.74) is 3.51. The van der Waals surface area contributed by atoms with Gasteiger partial charge in [-0.1, -0.05) is 59.8 Å². The number of thioether (sulfide) groups is 1. The van der Waals surface area contributed by atoms with Crippen molar-refractivity contribution in [3.8, 4) is 0 Å². The molecule has 8 heteroatoms. The van der Waals surface area contributed by atoms with Crippen LogP contribution in [0.15, 0.2) is 64.8 Å². The number of amides is 1. The van der Waals surface area contributed by atoms with Crippen molar-refractivity contribution in [1.82, 2.24) is 5.32 Å². The van der Waals surface area contributed by atoms with Crippen molar-refractivity contribution in [3.63, 3.8) is 0 Å². The van der Waals surface area contributed by atoms with Crippen molar-refractivity contribution in [2.75, 3.05) is 17.7 Å². The Hall–Kier alpha value is -2.77. The van der Waals surface area contributed by atoms with Gasteiger partial charge in [-0.25, -0.2) is 9.79 Å². The number of nitrogens with one attached hydrogen (secondary N) is 2. The average molecular weight is 458 g/mol. The molecule has 1 aliphatic heterocycles.